The van der Waals surface area contributed by atoms with Crippen molar-refractivity contribution in [3.8, 4) is 44.5 Å². The Balaban J connectivity index is 1.29. The molecule has 0 fully saturated rings. The second kappa shape index (κ2) is 10.7. The molecule has 1 nitrogen and oxygen atoms in total. The third-order valence-electron chi connectivity index (χ3n) is 9.10. The van der Waals surface area contributed by atoms with Gasteiger partial charge in [0.2, 0.25) is 0 Å². The van der Waals surface area contributed by atoms with Crippen LogP contribution in [-0.2, 0) is 0 Å². The van der Waals surface area contributed by atoms with Gasteiger partial charge in [0.15, 0.2) is 0 Å². The molecule has 0 unspecified atom stereocenters. The van der Waals surface area contributed by atoms with Gasteiger partial charge in [0, 0.05) is 21.5 Å². The molecule has 0 saturated heterocycles. The Kier molecular flexibility index (Phi) is 6.11. The van der Waals surface area contributed by atoms with Crippen molar-refractivity contribution in [1.82, 2.24) is 4.98 Å². The van der Waals surface area contributed by atoms with E-state index in [-0.39, 0.29) is 0 Å². The van der Waals surface area contributed by atoms with Gasteiger partial charge in [0.05, 0.1) is 11.0 Å². The van der Waals surface area contributed by atoms with Gasteiger partial charge in [-0.25, -0.2) is 4.98 Å². The summed E-state index contributed by atoms with van der Waals surface area (Å²) in [6.45, 7) is 0. The van der Waals surface area contributed by atoms with E-state index in [9.17, 15) is 0 Å². The Morgan fingerprint density at radius 3 is 1.52 bits per heavy atom. The molecule has 0 saturated carbocycles. The van der Waals surface area contributed by atoms with Crippen LogP contribution in [0.3, 0.4) is 0 Å². The molecule has 0 aliphatic rings. The van der Waals surface area contributed by atoms with Gasteiger partial charge < -0.3 is 0 Å². The fraction of sp³-hybridized carbons (Fsp3) is 0. The molecule has 0 bridgehead atoms. The number of benzene rings is 7. The first-order valence-electron chi connectivity index (χ1n) is 15.6. The van der Waals surface area contributed by atoms with Crippen molar-refractivity contribution in [2.75, 3.05) is 0 Å². The summed E-state index contributed by atoms with van der Waals surface area (Å²) in [5.41, 5.74) is 11.6. The first-order chi connectivity index (χ1) is 22.8. The average Bonchev–Trinajstić information content (AvgIpc) is 3.14. The van der Waals surface area contributed by atoms with Gasteiger partial charge in [-0.05, 0) is 97.7 Å². The van der Waals surface area contributed by atoms with Crippen LogP contribution >= 0.6 is 0 Å². The van der Waals surface area contributed by atoms with Crippen molar-refractivity contribution >= 4 is 43.4 Å². The third kappa shape index (κ3) is 4.40. The number of fused-ring (bicyclic) bond motifs is 6. The first-order valence-corrected chi connectivity index (χ1v) is 15.6. The molecule has 0 aliphatic heterocycles. The fourth-order valence-electron chi connectivity index (χ4n) is 6.84. The lowest BCUT2D eigenvalue weighted by Crippen LogP contribution is -1.91. The fourth-order valence-corrected chi connectivity index (χ4v) is 6.84. The second-order valence-corrected chi connectivity index (χ2v) is 11.8. The highest BCUT2D eigenvalue weighted by molar-refractivity contribution is 6.19. The molecule has 1 aromatic heterocycles. The lowest BCUT2D eigenvalue weighted by atomic mass is 9.91. The summed E-state index contributed by atoms with van der Waals surface area (Å²) in [7, 11) is 0. The van der Waals surface area contributed by atoms with Crippen molar-refractivity contribution in [1.29, 1.82) is 0 Å². The summed E-state index contributed by atoms with van der Waals surface area (Å²) in [5, 5.41) is 7.04. The van der Waals surface area contributed by atoms with Crippen molar-refractivity contribution in [2.45, 2.75) is 0 Å². The Labute approximate surface area is 268 Å². The molecule has 9 rings (SSSR count). The number of rotatable bonds is 4. The molecule has 0 atom stereocenters. The van der Waals surface area contributed by atoms with E-state index < -0.39 is 0 Å². The van der Waals surface area contributed by atoms with Gasteiger partial charge in [0.25, 0.3) is 0 Å². The average molecular weight is 582 g/mol. The van der Waals surface area contributed by atoms with Crippen molar-refractivity contribution in [3.63, 3.8) is 0 Å². The van der Waals surface area contributed by atoms with Gasteiger partial charge >= 0.3 is 0 Å². The zero-order valence-corrected chi connectivity index (χ0v) is 25.0. The van der Waals surface area contributed by atoms with E-state index in [2.05, 4.69) is 164 Å². The molecule has 46 heavy (non-hydrogen) atoms. The zero-order chi connectivity index (χ0) is 30.5. The SMILES string of the molecule is c1ccc(-c2ccc(-c3ccc4c(c3)c(-c3ccccc3)cc3cc5cc(-c6ccccc6)c6ccccc6c5nc34)cc2)cc#1. The number of hydrogen-bond donors (Lipinski definition) is 0. The third-order valence-corrected chi connectivity index (χ3v) is 9.10. The van der Waals surface area contributed by atoms with E-state index in [1.165, 1.54) is 55.1 Å². The summed E-state index contributed by atoms with van der Waals surface area (Å²) >= 11 is 0. The molecular weight excluding hydrogens is 555 g/mol. The maximum atomic E-state index is 5.45. The van der Waals surface area contributed by atoms with Crippen LogP contribution in [0, 0.1) is 12.1 Å². The number of nitrogens with zero attached hydrogens (tertiary/aromatic N) is 1. The van der Waals surface area contributed by atoms with Gasteiger partial charge in [-0.1, -0.05) is 133 Å². The lowest BCUT2D eigenvalue weighted by molar-refractivity contribution is 1.53. The van der Waals surface area contributed by atoms with E-state index in [1.807, 2.05) is 12.1 Å². The minimum atomic E-state index is 1.03. The van der Waals surface area contributed by atoms with Crippen LogP contribution in [0.2, 0.25) is 0 Å². The normalized spacial score (nSPS) is 11.3. The number of hydrogen-bond acceptors (Lipinski definition) is 1. The molecule has 0 radical (unpaired) electrons. The highest BCUT2D eigenvalue weighted by Crippen LogP contribution is 2.40. The maximum absolute atomic E-state index is 5.45. The van der Waals surface area contributed by atoms with Crippen molar-refractivity contribution in [2.24, 2.45) is 0 Å². The quantitative estimate of drug-likeness (QED) is 0.149. The highest BCUT2D eigenvalue weighted by Gasteiger charge is 2.15. The molecule has 1 heteroatoms. The van der Waals surface area contributed by atoms with Crippen LogP contribution in [0.25, 0.3) is 87.9 Å². The van der Waals surface area contributed by atoms with Crippen LogP contribution in [0.15, 0.2) is 164 Å². The highest BCUT2D eigenvalue weighted by atomic mass is 14.7. The Bertz CT molecular complexity index is 2530. The minimum absolute atomic E-state index is 1.03. The predicted octanol–water partition coefficient (Wildman–Crippen LogP) is 12.0. The minimum Gasteiger partial charge on any atom is -0.246 e. The number of aromatic nitrogens is 1. The van der Waals surface area contributed by atoms with E-state index in [0.29, 0.717) is 0 Å². The molecule has 1 heterocycles. The van der Waals surface area contributed by atoms with Gasteiger partial charge in [-0.15, -0.1) is 0 Å². The Morgan fingerprint density at radius 2 is 0.891 bits per heavy atom. The largest absolute Gasteiger partial charge is 0.246 e. The summed E-state index contributed by atoms with van der Waals surface area (Å²) in [6.07, 6.45) is 0. The molecular formula is C45H27N. The van der Waals surface area contributed by atoms with Crippen LogP contribution in [-0.4, -0.2) is 4.98 Å². The van der Waals surface area contributed by atoms with Crippen molar-refractivity contribution < 1.29 is 0 Å². The molecule has 8 aromatic carbocycles. The maximum Gasteiger partial charge on any atom is 0.0788 e. The topological polar surface area (TPSA) is 12.9 Å². The van der Waals surface area contributed by atoms with E-state index in [0.717, 1.165) is 32.8 Å². The summed E-state index contributed by atoms with van der Waals surface area (Å²) in [6, 6.07) is 64.6. The first kappa shape index (κ1) is 26.2. The van der Waals surface area contributed by atoms with E-state index in [1.54, 1.807) is 0 Å². The smallest absolute Gasteiger partial charge is 0.0788 e. The van der Waals surface area contributed by atoms with Crippen LogP contribution in [0.4, 0.5) is 0 Å². The van der Waals surface area contributed by atoms with Gasteiger partial charge in [0.1, 0.15) is 0 Å². The second-order valence-electron chi connectivity index (χ2n) is 11.8. The zero-order valence-electron chi connectivity index (χ0n) is 25.0. The number of pyridine rings is 1. The lowest BCUT2D eigenvalue weighted by Gasteiger charge is -2.15. The van der Waals surface area contributed by atoms with Gasteiger partial charge in [-0.2, -0.15) is 0 Å². The molecule has 212 valence electrons. The van der Waals surface area contributed by atoms with Crippen LogP contribution < -0.4 is 0 Å². The molecule has 0 N–H and O–H groups in total. The predicted molar refractivity (Wildman–Crippen MR) is 194 cm³/mol. The van der Waals surface area contributed by atoms with Crippen LogP contribution in [0.5, 0.6) is 0 Å². The summed E-state index contributed by atoms with van der Waals surface area (Å²) in [4.78, 5) is 5.45. The summed E-state index contributed by atoms with van der Waals surface area (Å²) in [5.74, 6) is 0. The monoisotopic (exact) mass is 581 g/mol. The van der Waals surface area contributed by atoms with E-state index in [4.69, 9.17) is 4.98 Å². The van der Waals surface area contributed by atoms with Crippen LogP contribution in [0.1, 0.15) is 0 Å². The molecule has 9 aromatic rings. The van der Waals surface area contributed by atoms with E-state index >= 15 is 0 Å². The molecule has 0 aliphatic carbocycles. The standard InChI is InChI=1S/C45H27N/c1-4-12-30(13-5-1)31-20-22-32(23-21-31)35-24-25-40-43(27-35)42(34-16-8-3-9-17-34)29-37-26-36-28-41(33-14-6-2-7-15-33)38-18-10-11-19-39(38)44(36)46-45(37)40/h2-4,6-29H. The van der Waals surface area contributed by atoms with Crippen molar-refractivity contribution in [3.05, 3.63) is 176 Å². The summed E-state index contributed by atoms with van der Waals surface area (Å²) < 4.78 is 0. The van der Waals surface area contributed by atoms with Gasteiger partial charge in [-0.3, -0.25) is 0 Å². The Morgan fingerprint density at radius 1 is 0.348 bits per heavy atom. The Hall–Kier alpha value is -6.23. The molecule has 0 spiro atoms. The molecule has 0 amide bonds.